The van der Waals surface area contributed by atoms with Crippen LogP contribution >= 0.6 is 0 Å². The van der Waals surface area contributed by atoms with Crippen LogP contribution in [0.25, 0.3) is 0 Å². The number of esters is 1. The van der Waals surface area contributed by atoms with E-state index in [1.165, 1.54) is 0 Å². The summed E-state index contributed by atoms with van der Waals surface area (Å²) < 4.78 is 10.6. The highest BCUT2D eigenvalue weighted by Gasteiger charge is 2.41. The van der Waals surface area contributed by atoms with Gasteiger partial charge in [0.1, 0.15) is 11.8 Å². The minimum atomic E-state index is -0.139. The van der Waals surface area contributed by atoms with Gasteiger partial charge in [0.2, 0.25) is 0 Å². The molecule has 1 aromatic rings. The van der Waals surface area contributed by atoms with E-state index in [4.69, 9.17) is 9.47 Å². The molecule has 1 aromatic carbocycles. The number of ether oxygens (including phenoxy) is 2. The summed E-state index contributed by atoms with van der Waals surface area (Å²) in [6, 6.07) is 7.68. The maximum absolute atomic E-state index is 11.5. The number of carbonyl (C=O) groups is 1. The van der Waals surface area contributed by atoms with E-state index in [-0.39, 0.29) is 18.1 Å². The molecule has 0 aromatic heterocycles. The summed E-state index contributed by atoms with van der Waals surface area (Å²) in [5.41, 5.74) is 1.03. The zero-order valence-electron chi connectivity index (χ0n) is 11.1. The molecule has 1 fully saturated rings. The summed E-state index contributed by atoms with van der Waals surface area (Å²) in [7, 11) is 0. The Morgan fingerprint density at radius 3 is 2.61 bits per heavy atom. The molecule has 1 aliphatic heterocycles. The van der Waals surface area contributed by atoms with Gasteiger partial charge in [0.15, 0.2) is 0 Å². The molecule has 0 aliphatic carbocycles. The molecule has 0 bridgehead atoms. The van der Waals surface area contributed by atoms with Gasteiger partial charge in [-0.3, -0.25) is 0 Å². The van der Waals surface area contributed by atoms with E-state index in [9.17, 15) is 4.79 Å². The number of nitrogens with zero attached hydrogens (tertiary/aromatic N) is 1. The number of hydrogen-bond acceptors (Lipinski definition) is 4. The van der Waals surface area contributed by atoms with Crippen LogP contribution in [0.1, 0.15) is 20.8 Å². The molecule has 0 radical (unpaired) electrons. The Morgan fingerprint density at radius 2 is 2.06 bits per heavy atom. The largest absolute Gasteiger partial charge is 0.491 e. The second-order valence-corrected chi connectivity index (χ2v) is 4.58. The SMILES string of the molecule is CCOC(=O)C1CN1c1ccc(OC(C)C)cc1. The van der Waals surface area contributed by atoms with Crippen molar-refractivity contribution in [1.82, 2.24) is 0 Å². The van der Waals surface area contributed by atoms with E-state index in [0.29, 0.717) is 6.61 Å². The third kappa shape index (κ3) is 2.94. The lowest BCUT2D eigenvalue weighted by atomic mass is 10.3. The summed E-state index contributed by atoms with van der Waals surface area (Å²) >= 11 is 0. The van der Waals surface area contributed by atoms with Crippen molar-refractivity contribution in [2.45, 2.75) is 32.9 Å². The smallest absolute Gasteiger partial charge is 0.330 e. The zero-order valence-corrected chi connectivity index (χ0v) is 11.1. The van der Waals surface area contributed by atoms with Crippen LogP contribution < -0.4 is 9.64 Å². The quantitative estimate of drug-likeness (QED) is 0.592. The Balaban J connectivity index is 1.94. The van der Waals surface area contributed by atoms with E-state index < -0.39 is 0 Å². The minimum Gasteiger partial charge on any atom is -0.491 e. The third-order valence-electron chi connectivity index (χ3n) is 2.71. The molecule has 1 unspecified atom stereocenters. The molecular weight excluding hydrogens is 230 g/mol. The first kappa shape index (κ1) is 12.7. The average Bonchev–Trinajstić information content (AvgIpc) is 3.09. The highest BCUT2D eigenvalue weighted by molar-refractivity contribution is 5.86. The number of anilines is 1. The lowest BCUT2D eigenvalue weighted by molar-refractivity contribution is -0.142. The monoisotopic (exact) mass is 249 g/mol. The molecule has 2 rings (SSSR count). The van der Waals surface area contributed by atoms with Gasteiger partial charge in [-0.1, -0.05) is 0 Å². The van der Waals surface area contributed by atoms with Crippen molar-refractivity contribution in [3.8, 4) is 5.75 Å². The van der Waals surface area contributed by atoms with E-state index in [1.807, 2.05) is 49.9 Å². The van der Waals surface area contributed by atoms with E-state index in [1.54, 1.807) is 0 Å². The van der Waals surface area contributed by atoms with Gasteiger partial charge in [0.25, 0.3) is 0 Å². The maximum Gasteiger partial charge on any atom is 0.330 e. The highest BCUT2D eigenvalue weighted by atomic mass is 16.5. The molecular formula is C14H19NO3. The van der Waals surface area contributed by atoms with Crippen molar-refractivity contribution in [2.75, 3.05) is 18.1 Å². The molecule has 1 atom stereocenters. The summed E-state index contributed by atoms with van der Waals surface area (Å²) in [6.45, 7) is 6.99. The number of carbonyl (C=O) groups excluding carboxylic acids is 1. The van der Waals surface area contributed by atoms with Crippen molar-refractivity contribution in [1.29, 1.82) is 0 Å². The first-order valence-corrected chi connectivity index (χ1v) is 6.31. The van der Waals surface area contributed by atoms with Gasteiger partial charge in [-0.2, -0.15) is 0 Å². The number of hydrogen-bond donors (Lipinski definition) is 0. The summed E-state index contributed by atoms with van der Waals surface area (Å²) in [5, 5.41) is 0. The Labute approximate surface area is 107 Å². The Hall–Kier alpha value is -1.71. The minimum absolute atomic E-state index is 0.109. The fourth-order valence-electron chi connectivity index (χ4n) is 1.85. The van der Waals surface area contributed by atoms with Crippen molar-refractivity contribution < 1.29 is 14.3 Å². The summed E-state index contributed by atoms with van der Waals surface area (Å²) in [5.74, 6) is 0.711. The predicted molar refractivity (Wildman–Crippen MR) is 70.0 cm³/mol. The van der Waals surface area contributed by atoms with Crippen LogP contribution in [0.15, 0.2) is 24.3 Å². The standard InChI is InChI=1S/C14H19NO3/c1-4-17-14(16)13-9-15(13)11-5-7-12(8-6-11)18-10(2)3/h5-8,10,13H,4,9H2,1-3H3. The van der Waals surface area contributed by atoms with Gasteiger partial charge in [-0.15, -0.1) is 0 Å². The van der Waals surface area contributed by atoms with Crippen LogP contribution in [-0.2, 0) is 9.53 Å². The molecule has 0 N–H and O–H groups in total. The van der Waals surface area contributed by atoms with Crippen LogP contribution in [-0.4, -0.2) is 31.3 Å². The van der Waals surface area contributed by atoms with Crippen molar-refractivity contribution in [2.24, 2.45) is 0 Å². The molecule has 4 nitrogen and oxygen atoms in total. The Morgan fingerprint density at radius 1 is 1.39 bits per heavy atom. The summed E-state index contributed by atoms with van der Waals surface area (Å²) in [6.07, 6.45) is 0.171. The fraction of sp³-hybridized carbons (Fsp3) is 0.500. The molecule has 1 heterocycles. The van der Waals surface area contributed by atoms with Crippen LogP contribution in [0.5, 0.6) is 5.75 Å². The van der Waals surface area contributed by atoms with Crippen LogP contribution in [0.3, 0.4) is 0 Å². The molecule has 0 saturated carbocycles. The topological polar surface area (TPSA) is 38.5 Å². The third-order valence-corrected chi connectivity index (χ3v) is 2.71. The molecule has 1 saturated heterocycles. The van der Waals surface area contributed by atoms with Crippen LogP contribution in [0, 0.1) is 0 Å². The van der Waals surface area contributed by atoms with E-state index in [2.05, 4.69) is 0 Å². The van der Waals surface area contributed by atoms with Gasteiger partial charge < -0.3 is 14.4 Å². The molecule has 18 heavy (non-hydrogen) atoms. The summed E-state index contributed by atoms with van der Waals surface area (Å²) in [4.78, 5) is 13.5. The fourth-order valence-corrected chi connectivity index (χ4v) is 1.85. The lowest BCUT2D eigenvalue weighted by Crippen LogP contribution is -2.15. The van der Waals surface area contributed by atoms with Crippen LogP contribution in [0.4, 0.5) is 5.69 Å². The molecule has 0 spiro atoms. The van der Waals surface area contributed by atoms with Gasteiger partial charge in [0, 0.05) is 5.69 Å². The maximum atomic E-state index is 11.5. The lowest BCUT2D eigenvalue weighted by Gasteiger charge is -2.11. The van der Waals surface area contributed by atoms with Gasteiger partial charge in [0.05, 0.1) is 19.3 Å². The highest BCUT2D eigenvalue weighted by Crippen LogP contribution is 2.30. The molecule has 1 aliphatic rings. The number of rotatable bonds is 5. The van der Waals surface area contributed by atoms with Crippen molar-refractivity contribution in [3.05, 3.63) is 24.3 Å². The molecule has 4 heteroatoms. The Kier molecular flexibility index (Phi) is 3.75. The molecule has 98 valence electrons. The second kappa shape index (κ2) is 5.29. The second-order valence-electron chi connectivity index (χ2n) is 4.58. The van der Waals surface area contributed by atoms with Crippen molar-refractivity contribution >= 4 is 11.7 Å². The van der Waals surface area contributed by atoms with Gasteiger partial charge >= 0.3 is 5.97 Å². The van der Waals surface area contributed by atoms with Gasteiger partial charge in [-0.05, 0) is 45.0 Å². The predicted octanol–water partition coefficient (Wildman–Crippen LogP) is 2.23. The first-order chi connectivity index (χ1) is 8.61. The van der Waals surface area contributed by atoms with E-state index >= 15 is 0 Å². The van der Waals surface area contributed by atoms with Gasteiger partial charge in [-0.25, -0.2) is 4.79 Å². The number of benzene rings is 1. The molecule has 0 amide bonds. The average molecular weight is 249 g/mol. The van der Waals surface area contributed by atoms with Crippen LogP contribution in [0.2, 0.25) is 0 Å². The first-order valence-electron chi connectivity index (χ1n) is 6.31. The zero-order chi connectivity index (χ0) is 13.1. The van der Waals surface area contributed by atoms with E-state index in [0.717, 1.165) is 18.0 Å². The Bertz CT molecular complexity index is 414. The van der Waals surface area contributed by atoms with Crippen molar-refractivity contribution in [3.63, 3.8) is 0 Å². The normalized spacial score (nSPS) is 17.8.